The second-order valence-corrected chi connectivity index (χ2v) is 6.91. The van der Waals surface area contributed by atoms with E-state index < -0.39 is 26.9 Å². The molecule has 4 N–H and O–H groups in total. The third kappa shape index (κ3) is 3.70. The molecule has 1 amide bonds. The van der Waals surface area contributed by atoms with Gasteiger partial charge in [0.25, 0.3) is 0 Å². The molecule has 0 aliphatic rings. The molecule has 5 nitrogen and oxygen atoms in total. The number of nitrogens with two attached hydrogens (primary N) is 2. The molecule has 0 radical (unpaired) electrons. The van der Waals surface area contributed by atoms with E-state index in [1.165, 1.54) is 12.1 Å². The molecule has 106 valence electrons. The van der Waals surface area contributed by atoms with Crippen LogP contribution in [0.4, 0.5) is 5.69 Å². The largest absolute Gasteiger partial charge is 0.399 e. The van der Waals surface area contributed by atoms with Crippen LogP contribution in [0.15, 0.2) is 29.2 Å². The minimum atomic E-state index is -3.46. The predicted molar refractivity (Wildman–Crippen MR) is 75.1 cm³/mol. The number of carbonyl (C=O) groups excluding carboxylic acids is 1. The number of nitrogen functional groups attached to an aromatic ring is 1. The van der Waals surface area contributed by atoms with Crippen LogP contribution in [-0.2, 0) is 14.6 Å². The lowest BCUT2D eigenvalue weighted by Gasteiger charge is -2.18. The summed E-state index contributed by atoms with van der Waals surface area (Å²) in [6, 6.07) is 6.08. The summed E-state index contributed by atoms with van der Waals surface area (Å²) in [6.07, 6.45) is 0.670. The number of primary amides is 1. The van der Waals surface area contributed by atoms with Crippen LogP contribution in [0.25, 0.3) is 0 Å². The van der Waals surface area contributed by atoms with E-state index in [-0.39, 0.29) is 11.3 Å². The summed E-state index contributed by atoms with van der Waals surface area (Å²) in [5.74, 6) is -0.945. The highest BCUT2D eigenvalue weighted by Gasteiger charge is 2.28. The molecule has 2 unspecified atom stereocenters. The summed E-state index contributed by atoms with van der Waals surface area (Å²) < 4.78 is 24.9. The highest BCUT2D eigenvalue weighted by Crippen LogP contribution is 2.24. The molecular formula is C13H20N2O3S. The van der Waals surface area contributed by atoms with E-state index in [0.29, 0.717) is 12.1 Å². The van der Waals surface area contributed by atoms with E-state index in [9.17, 15) is 13.2 Å². The maximum atomic E-state index is 12.4. The van der Waals surface area contributed by atoms with E-state index in [0.717, 1.165) is 0 Å². The molecule has 0 heterocycles. The number of anilines is 1. The second-order valence-electron chi connectivity index (χ2n) is 4.68. The molecule has 0 bridgehead atoms. The van der Waals surface area contributed by atoms with Crippen molar-refractivity contribution in [2.45, 2.75) is 36.8 Å². The highest BCUT2D eigenvalue weighted by atomic mass is 32.2. The van der Waals surface area contributed by atoms with E-state index >= 15 is 0 Å². The molecule has 0 aromatic heterocycles. The lowest BCUT2D eigenvalue weighted by atomic mass is 10.0. The first-order chi connectivity index (χ1) is 8.78. The summed E-state index contributed by atoms with van der Waals surface area (Å²) in [4.78, 5) is 11.3. The van der Waals surface area contributed by atoms with Crippen molar-refractivity contribution in [2.75, 3.05) is 5.73 Å². The average molecular weight is 284 g/mol. The first kappa shape index (κ1) is 15.5. The van der Waals surface area contributed by atoms with Gasteiger partial charge >= 0.3 is 0 Å². The van der Waals surface area contributed by atoms with Gasteiger partial charge in [0.1, 0.15) is 0 Å². The van der Waals surface area contributed by atoms with Crippen molar-refractivity contribution in [2.24, 2.45) is 11.7 Å². The molecule has 1 aromatic carbocycles. The summed E-state index contributed by atoms with van der Waals surface area (Å²) in [5, 5.41) is -0.612. The first-order valence-corrected chi connectivity index (χ1v) is 7.72. The van der Waals surface area contributed by atoms with E-state index in [1.54, 1.807) is 26.0 Å². The molecule has 6 heteroatoms. The number of sulfone groups is 1. The molecule has 0 aliphatic carbocycles. The highest BCUT2D eigenvalue weighted by molar-refractivity contribution is 7.92. The molecule has 1 rings (SSSR count). The summed E-state index contributed by atoms with van der Waals surface area (Å²) >= 11 is 0. The fourth-order valence-electron chi connectivity index (χ4n) is 1.87. The Labute approximate surface area is 113 Å². The van der Waals surface area contributed by atoms with Gasteiger partial charge in [-0.25, -0.2) is 8.42 Å². The third-order valence-electron chi connectivity index (χ3n) is 3.20. The van der Waals surface area contributed by atoms with Crippen LogP contribution in [0.3, 0.4) is 0 Å². The van der Waals surface area contributed by atoms with Gasteiger partial charge in [0.15, 0.2) is 9.84 Å². The van der Waals surface area contributed by atoms with Crippen LogP contribution in [-0.4, -0.2) is 19.6 Å². The maximum absolute atomic E-state index is 12.4. The topological polar surface area (TPSA) is 103 Å². The van der Waals surface area contributed by atoms with Crippen LogP contribution < -0.4 is 11.5 Å². The van der Waals surface area contributed by atoms with Crippen molar-refractivity contribution in [1.29, 1.82) is 0 Å². The van der Waals surface area contributed by atoms with Gasteiger partial charge in [0.2, 0.25) is 5.91 Å². The molecule has 2 atom stereocenters. The fourth-order valence-corrected chi connectivity index (χ4v) is 3.75. The van der Waals surface area contributed by atoms with Gasteiger partial charge in [-0.15, -0.1) is 0 Å². The van der Waals surface area contributed by atoms with Gasteiger partial charge in [-0.1, -0.05) is 13.8 Å². The SMILES string of the molecule is CCC(CC(C)C(N)=O)S(=O)(=O)c1ccc(N)cc1. The van der Waals surface area contributed by atoms with Gasteiger partial charge in [-0.2, -0.15) is 0 Å². The van der Waals surface area contributed by atoms with Crippen molar-refractivity contribution < 1.29 is 13.2 Å². The van der Waals surface area contributed by atoms with Gasteiger partial charge < -0.3 is 11.5 Å². The number of carbonyl (C=O) groups is 1. The maximum Gasteiger partial charge on any atom is 0.220 e. The predicted octanol–water partition coefficient (Wildman–Crippen LogP) is 1.33. The Kier molecular flexibility index (Phi) is 4.94. The second kappa shape index (κ2) is 6.06. The standard InChI is InChI=1S/C13H20N2O3S/c1-3-11(8-9(2)13(15)16)19(17,18)12-6-4-10(14)5-7-12/h4-7,9,11H,3,8,14H2,1-2H3,(H2,15,16). The van der Waals surface area contributed by atoms with E-state index in [2.05, 4.69) is 0 Å². The van der Waals surface area contributed by atoms with Crippen molar-refractivity contribution in [3.63, 3.8) is 0 Å². The van der Waals surface area contributed by atoms with Gasteiger partial charge in [-0.05, 0) is 37.1 Å². The first-order valence-electron chi connectivity index (χ1n) is 6.17. The lowest BCUT2D eigenvalue weighted by molar-refractivity contribution is -0.121. The zero-order valence-electron chi connectivity index (χ0n) is 11.2. The molecule has 0 fully saturated rings. The number of amides is 1. The molecular weight excluding hydrogens is 264 g/mol. The summed E-state index contributed by atoms with van der Waals surface area (Å²) in [5.41, 5.74) is 11.2. The summed E-state index contributed by atoms with van der Waals surface area (Å²) in [6.45, 7) is 3.43. The number of hydrogen-bond donors (Lipinski definition) is 2. The van der Waals surface area contributed by atoms with Crippen LogP contribution >= 0.6 is 0 Å². The van der Waals surface area contributed by atoms with Crippen LogP contribution in [0.1, 0.15) is 26.7 Å². The van der Waals surface area contributed by atoms with E-state index in [4.69, 9.17) is 11.5 Å². The molecule has 0 saturated heterocycles. The molecule has 0 saturated carbocycles. The Morgan fingerprint density at radius 2 is 1.79 bits per heavy atom. The zero-order valence-corrected chi connectivity index (χ0v) is 12.0. The van der Waals surface area contributed by atoms with Crippen molar-refractivity contribution >= 4 is 21.4 Å². The van der Waals surface area contributed by atoms with Crippen molar-refractivity contribution in [3.8, 4) is 0 Å². The number of hydrogen-bond acceptors (Lipinski definition) is 4. The smallest absolute Gasteiger partial charge is 0.220 e. The monoisotopic (exact) mass is 284 g/mol. The van der Waals surface area contributed by atoms with Crippen molar-refractivity contribution in [3.05, 3.63) is 24.3 Å². The molecule has 1 aromatic rings. The van der Waals surface area contributed by atoms with Gasteiger partial charge in [0.05, 0.1) is 10.1 Å². The average Bonchev–Trinajstić information content (AvgIpc) is 2.35. The minimum Gasteiger partial charge on any atom is -0.399 e. The third-order valence-corrected chi connectivity index (χ3v) is 5.54. The van der Waals surface area contributed by atoms with Gasteiger partial charge in [-0.3, -0.25) is 4.79 Å². The summed E-state index contributed by atoms with van der Waals surface area (Å²) in [7, 11) is -3.46. The van der Waals surface area contributed by atoms with E-state index in [1.807, 2.05) is 0 Å². The molecule has 0 spiro atoms. The Bertz CT molecular complexity index is 538. The van der Waals surface area contributed by atoms with Crippen LogP contribution in [0.5, 0.6) is 0 Å². The Balaban J connectivity index is 3.02. The fraction of sp³-hybridized carbons (Fsp3) is 0.462. The lowest BCUT2D eigenvalue weighted by Crippen LogP contribution is -2.29. The van der Waals surface area contributed by atoms with Crippen molar-refractivity contribution in [1.82, 2.24) is 0 Å². The Morgan fingerprint density at radius 1 is 1.26 bits per heavy atom. The number of rotatable bonds is 6. The Morgan fingerprint density at radius 3 is 2.21 bits per heavy atom. The Hall–Kier alpha value is -1.56. The van der Waals surface area contributed by atoms with Crippen LogP contribution in [0.2, 0.25) is 0 Å². The van der Waals surface area contributed by atoms with Gasteiger partial charge in [0, 0.05) is 11.6 Å². The normalized spacial score (nSPS) is 14.8. The zero-order chi connectivity index (χ0) is 14.6. The van der Waals surface area contributed by atoms with Crippen LogP contribution in [0, 0.1) is 5.92 Å². The molecule has 19 heavy (non-hydrogen) atoms. The number of benzene rings is 1. The molecule has 0 aliphatic heterocycles. The minimum absolute atomic E-state index is 0.227. The quantitative estimate of drug-likeness (QED) is 0.769.